The van der Waals surface area contributed by atoms with Crippen molar-refractivity contribution in [1.29, 1.82) is 0 Å². The number of hydrogen-bond acceptors (Lipinski definition) is 5. The van der Waals surface area contributed by atoms with Gasteiger partial charge in [-0.1, -0.05) is 18.2 Å². The Morgan fingerprint density at radius 1 is 0.861 bits per heavy atom. The molecule has 3 aromatic rings. The summed E-state index contributed by atoms with van der Waals surface area (Å²) in [7, 11) is 3.83. The summed E-state index contributed by atoms with van der Waals surface area (Å²) in [6.45, 7) is -0.157. The Kier molecular flexibility index (Phi) is 7.31. The lowest BCUT2D eigenvalue weighted by molar-refractivity contribution is -0.143. The maximum Gasteiger partial charge on any atom is 0.416 e. The zero-order valence-electron chi connectivity index (χ0n) is 19.8. The number of rotatable bonds is 6. The van der Waals surface area contributed by atoms with E-state index in [1.165, 1.54) is 0 Å². The first kappa shape index (κ1) is 26.0. The molecular formula is C25H27F6N5. The van der Waals surface area contributed by atoms with Gasteiger partial charge in [0.15, 0.2) is 0 Å². The number of aromatic nitrogens is 2. The highest BCUT2D eigenvalue weighted by Crippen LogP contribution is 2.37. The van der Waals surface area contributed by atoms with Crippen molar-refractivity contribution < 1.29 is 26.3 Å². The Bertz CT molecular complexity index is 1200. The molecule has 2 aromatic carbocycles. The molecule has 2 N–H and O–H groups in total. The highest BCUT2D eigenvalue weighted by molar-refractivity contribution is 5.90. The molecule has 11 heteroatoms. The van der Waals surface area contributed by atoms with Crippen LogP contribution in [0, 0.1) is 0 Å². The monoisotopic (exact) mass is 511 g/mol. The molecule has 0 radical (unpaired) electrons. The lowest BCUT2D eigenvalue weighted by Gasteiger charge is -2.30. The van der Waals surface area contributed by atoms with Crippen LogP contribution in [-0.4, -0.2) is 36.1 Å². The van der Waals surface area contributed by atoms with Crippen molar-refractivity contribution in [2.24, 2.45) is 0 Å². The van der Waals surface area contributed by atoms with Gasteiger partial charge in [-0.05, 0) is 55.5 Å². The van der Waals surface area contributed by atoms with Gasteiger partial charge in [-0.2, -0.15) is 31.3 Å². The quantitative estimate of drug-likeness (QED) is 0.384. The number of anilines is 2. The van der Waals surface area contributed by atoms with E-state index in [1.807, 2.05) is 43.3 Å². The standard InChI is InChI=1S/C25H27F6N5/c1-36(2)22-19-5-3-4-6-21(19)34-23(35-22)33-18-11-9-17(10-12-18)32-14-15-7-8-16(24(26,27)28)13-20(15)25(29,30)31/h3-8,13,17-18,32H,9-12,14H2,1-2H3,(H,33,34,35)/t17-,18+. The molecule has 5 nitrogen and oxygen atoms in total. The molecule has 0 spiro atoms. The molecule has 194 valence electrons. The summed E-state index contributed by atoms with van der Waals surface area (Å²) in [5.41, 5.74) is -1.94. The Hall–Kier alpha value is -3.08. The van der Waals surface area contributed by atoms with Crippen molar-refractivity contribution in [1.82, 2.24) is 15.3 Å². The van der Waals surface area contributed by atoms with Crippen LogP contribution in [0.3, 0.4) is 0 Å². The van der Waals surface area contributed by atoms with E-state index in [0.717, 1.165) is 35.6 Å². The molecule has 0 bridgehead atoms. The topological polar surface area (TPSA) is 53.1 Å². The van der Waals surface area contributed by atoms with Crippen LogP contribution in [0.5, 0.6) is 0 Å². The largest absolute Gasteiger partial charge is 0.416 e. The maximum absolute atomic E-state index is 13.4. The van der Waals surface area contributed by atoms with Gasteiger partial charge < -0.3 is 15.5 Å². The van der Waals surface area contributed by atoms with Crippen molar-refractivity contribution in [3.63, 3.8) is 0 Å². The molecule has 0 unspecified atom stereocenters. The van der Waals surface area contributed by atoms with Crippen LogP contribution in [0.1, 0.15) is 42.4 Å². The molecule has 1 heterocycles. The molecular weight excluding hydrogens is 484 g/mol. The molecule has 1 aliphatic rings. The third kappa shape index (κ3) is 6.00. The van der Waals surface area contributed by atoms with E-state index in [9.17, 15) is 26.3 Å². The summed E-state index contributed by atoms with van der Waals surface area (Å²) >= 11 is 0. The van der Waals surface area contributed by atoms with Crippen LogP contribution in [0.25, 0.3) is 10.9 Å². The highest BCUT2D eigenvalue weighted by Gasteiger charge is 2.38. The van der Waals surface area contributed by atoms with Crippen molar-refractivity contribution in [2.45, 2.75) is 56.7 Å². The molecule has 1 aromatic heterocycles. The third-order valence-corrected chi connectivity index (χ3v) is 6.39. The second-order valence-electron chi connectivity index (χ2n) is 9.22. The number of fused-ring (bicyclic) bond motifs is 1. The average Bonchev–Trinajstić information content (AvgIpc) is 2.81. The molecule has 0 amide bonds. The molecule has 0 atom stereocenters. The van der Waals surface area contributed by atoms with Crippen molar-refractivity contribution in [3.8, 4) is 0 Å². The molecule has 1 fully saturated rings. The predicted molar refractivity (Wildman–Crippen MR) is 127 cm³/mol. The molecule has 1 aliphatic carbocycles. The summed E-state index contributed by atoms with van der Waals surface area (Å²) in [4.78, 5) is 11.2. The van der Waals surface area contributed by atoms with E-state index in [-0.39, 0.29) is 30.3 Å². The van der Waals surface area contributed by atoms with Crippen molar-refractivity contribution in [2.75, 3.05) is 24.3 Å². The van der Waals surface area contributed by atoms with Gasteiger partial charge in [0.1, 0.15) is 5.82 Å². The van der Waals surface area contributed by atoms with Gasteiger partial charge in [0, 0.05) is 38.1 Å². The summed E-state index contributed by atoms with van der Waals surface area (Å²) in [6, 6.07) is 9.59. The van der Waals surface area contributed by atoms with Gasteiger partial charge in [-0.3, -0.25) is 0 Å². The first-order valence-electron chi connectivity index (χ1n) is 11.6. The van der Waals surface area contributed by atoms with E-state index < -0.39 is 23.5 Å². The lowest BCUT2D eigenvalue weighted by atomic mass is 9.91. The molecule has 0 saturated heterocycles. The minimum absolute atomic E-state index is 0.0405. The Morgan fingerprint density at radius 2 is 1.53 bits per heavy atom. The molecule has 0 aliphatic heterocycles. The van der Waals surface area contributed by atoms with Crippen molar-refractivity contribution >= 4 is 22.7 Å². The summed E-state index contributed by atoms with van der Waals surface area (Å²) < 4.78 is 78.9. The molecule has 1 saturated carbocycles. The average molecular weight is 512 g/mol. The fourth-order valence-electron chi connectivity index (χ4n) is 4.51. The minimum atomic E-state index is -4.87. The van der Waals surface area contributed by atoms with Gasteiger partial charge >= 0.3 is 12.4 Å². The van der Waals surface area contributed by atoms with Gasteiger partial charge in [0.2, 0.25) is 5.95 Å². The maximum atomic E-state index is 13.4. The SMILES string of the molecule is CN(C)c1nc(N[C@H]2CC[C@@H](NCc3ccc(C(F)(F)F)cc3C(F)(F)F)CC2)nc2ccccc12. The first-order valence-corrected chi connectivity index (χ1v) is 11.6. The molecule has 4 rings (SSSR count). The number of halogens is 6. The van der Waals surface area contributed by atoms with Crippen LogP contribution < -0.4 is 15.5 Å². The summed E-state index contributed by atoms with van der Waals surface area (Å²) in [6.07, 6.45) is -6.79. The fraction of sp³-hybridized carbons (Fsp3) is 0.440. The van der Waals surface area contributed by atoms with Gasteiger partial charge in [0.05, 0.1) is 16.6 Å². The smallest absolute Gasteiger partial charge is 0.362 e. The van der Waals surface area contributed by atoms with Crippen LogP contribution in [0.15, 0.2) is 42.5 Å². The van der Waals surface area contributed by atoms with E-state index in [1.54, 1.807) is 0 Å². The first-order chi connectivity index (χ1) is 16.9. The van der Waals surface area contributed by atoms with Gasteiger partial charge in [-0.25, -0.2) is 4.98 Å². The van der Waals surface area contributed by atoms with Crippen molar-refractivity contribution in [3.05, 3.63) is 59.2 Å². The van der Waals surface area contributed by atoms with E-state index >= 15 is 0 Å². The number of hydrogen-bond donors (Lipinski definition) is 2. The summed E-state index contributed by atoms with van der Waals surface area (Å²) in [5.74, 6) is 1.32. The van der Waals surface area contributed by atoms with E-state index in [0.29, 0.717) is 24.9 Å². The Labute approximate surface area is 204 Å². The zero-order chi connectivity index (χ0) is 26.1. The van der Waals surface area contributed by atoms with Crippen LogP contribution >= 0.6 is 0 Å². The normalized spacial score (nSPS) is 18.9. The third-order valence-electron chi connectivity index (χ3n) is 6.39. The summed E-state index contributed by atoms with van der Waals surface area (Å²) in [5, 5.41) is 7.42. The second kappa shape index (κ2) is 10.1. The van der Waals surface area contributed by atoms with Crippen LogP contribution in [0.4, 0.5) is 38.1 Å². The molecule has 36 heavy (non-hydrogen) atoms. The fourth-order valence-corrected chi connectivity index (χ4v) is 4.51. The number of nitrogens with zero attached hydrogens (tertiary/aromatic N) is 3. The number of nitrogens with one attached hydrogen (secondary N) is 2. The number of para-hydroxylation sites is 1. The lowest BCUT2D eigenvalue weighted by Crippen LogP contribution is -2.37. The highest BCUT2D eigenvalue weighted by atomic mass is 19.4. The van der Waals surface area contributed by atoms with Crippen LogP contribution in [-0.2, 0) is 18.9 Å². The van der Waals surface area contributed by atoms with E-state index in [2.05, 4.69) is 20.6 Å². The van der Waals surface area contributed by atoms with Crippen LogP contribution in [0.2, 0.25) is 0 Å². The van der Waals surface area contributed by atoms with Gasteiger partial charge in [-0.15, -0.1) is 0 Å². The predicted octanol–water partition coefficient (Wildman–Crippen LogP) is 6.25. The minimum Gasteiger partial charge on any atom is -0.362 e. The van der Waals surface area contributed by atoms with Gasteiger partial charge in [0.25, 0.3) is 0 Å². The zero-order valence-corrected chi connectivity index (χ0v) is 19.8. The Morgan fingerprint density at radius 3 is 2.17 bits per heavy atom. The van der Waals surface area contributed by atoms with E-state index in [4.69, 9.17) is 0 Å². The number of alkyl halides is 6. The number of benzene rings is 2. The Balaban J connectivity index is 1.37. The second-order valence-corrected chi connectivity index (χ2v) is 9.22.